The van der Waals surface area contributed by atoms with Crippen LogP contribution >= 0.6 is 0 Å². The molecule has 0 heterocycles. The van der Waals surface area contributed by atoms with Gasteiger partial charge in [-0.2, -0.15) is 0 Å². The lowest BCUT2D eigenvalue weighted by atomic mass is 9.43. The summed E-state index contributed by atoms with van der Waals surface area (Å²) in [6.07, 6.45) is 0.848. The van der Waals surface area contributed by atoms with Crippen LogP contribution in [0, 0.1) is 17.3 Å². The van der Waals surface area contributed by atoms with Crippen molar-refractivity contribution in [2.45, 2.75) is 37.2 Å². The molecule has 3 aliphatic rings. The number of rotatable bonds is 2. The fourth-order valence-corrected chi connectivity index (χ4v) is 6.93. The molecule has 3 aliphatic carbocycles. The Kier molecular flexibility index (Phi) is 2.14. The first kappa shape index (κ1) is 12.9. The molecule has 5 atom stereocenters. The van der Waals surface area contributed by atoms with Crippen molar-refractivity contribution in [3.63, 3.8) is 0 Å². The van der Waals surface area contributed by atoms with E-state index in [0.717, 1.165) is 6.42 Å². The Labute approximate surface area is 132 Å². The van der Waals surface area contributed by atoms with Gasteiger partial charge in [-0.3, -0.25) is 0 Å². The van der Waals surface area contributed by atoms with Gasteiger partial charge in [0.2, 0.25) is 0 Å². The predicted octanol–water partition coefficient (Wildman–Crippen LogP) is 3.91. The van der Waals surface area contributed by atoms with E-state index in [1.54, 1.807) is 0 Å². The van der Waals surface area contributed by atoms with Crippen LogP contribution in [0.3, 0.4) is 0 Å². The SMILES string of the molecule is CC1(C)[C@]2(c3ccccc3)[C@H]3[C@@H](C[C@@H]3O)[C@@]12c1ccccc1. The number of fused-ring (bicyclic) bond motifs is 4. The van der Waals surface area contributed by atoms with E-state index in [1.807, 2.05) is 0 Å². The van der Waals surface area contributed by atoms with Crippen LogP contribution in [0.25, 0.3) is 0 Å². The van der Waals surface area contributed by atoms with E-state index in [-0.39, 0.29) is 22.3 Å². The lowest BCUT2D eigenvalue weighted by Crippen LogP contribution is -2.64. The largest absolute Gasteiger partial charge is 0.393 e. The molecular weight excluding hydrogens is 268 g/mol. The fraction of sp³-hybridized carbons (Fsp3) is 0.429. The topological polar surface area (TPSA) is 20.2 Å². The standard InChI is InChI=1S/C21H22O/c1-19(2)20(14-9-5-3-6-10-14)16-13-17(22)18(16)21(19,20)15-11-7-4-8-12-15/h3-12,16-18,22H,13H2,1-2H3/t16-,17+,18+,20+,21+/m1/s1. The minimum Gasteiger partial charge on any atom is -0.393 e. The number of aliphatic hydroxyl groups is 1. The van der Waals surface area contributed by atoms with E-state index in [2.05, 4.69) is 74.5 Å². The molecule has 0 radical (unpaired) electrons. The molecule has 2 aromatic carbocycles. The van der Waals surface area contributed by atoms with Crippen molar-refractivity contribution in [2.75, 3.05) is 0 Å². The number of aliphatic hydroxyl groups excluding tert-OH is 1. The lowest BCUT2D eigenvalue weighted by Gasteiger charge is -2.61. The first-order valence-corrected chi connectivity index (χ1v) is 8.39. The monoisotopic (exact) mass is 290 g/mol. The van der Waals surface area contributed by atoms with Gasteiger partial charge in [0.1, 0.15) is 0 Å². The molecule has 1 N–H and O–H groups in total. The highest BCUT2D eigenvalue weighted by molar-refractivity contribution is 5.65. The molecule has 0 amide bonds. The molecule has 0 aliphatic heterocycles. The highest BCUT2D eigenvalue weighted by atomic mass is 16.3. The Morgan fingerprint density at radius 3 is 1.82 bits per heavy atom. The van der Waals surface area contributed by atoms with Crippen molar-refractivity contribution in [2.24, 2.45) is 17.3 Å². The van der Waals surface area contributed by atoms with Crippen LogP contribution in [0.2, 0.25) is 0 Å². The fourth-order valence-electron chi connectivity index (χ4n) is 6.93. The van der Waals surface area contributed by atoms with Crippen molar-refractivity contribution in [1.82, 2.24) is 0 Å². The maximum atomic E-state index is 10.5. The van der Waals surface area contributed by atoms with Crippen molar-refractivity contribution in [1.29, 1.82) is 0 Å². The van der Waals surface area contributed by atoms with Gasteiger partial charge >= 0.3 is 0 Å². The van der Waals surface area contributed by atoms with E-state index in [4.69, 9.17) is 0 Å². The first-order valence-electron chi connectivity index (χ1n) is 8.39. The summed E-state index contributed by atoms with van der Waals surface area (Å²) < 4.78 is 0. The van der Waals surface area contributed by atoms with Crippen LogP contribution in [0.1, 0.15) is 31.4 Å². The highest BCUT2D eigenvalue weighted by Crippen LogP contribution is 2.96. The molecule has 1 nitrogen and oxygen atoms in total. The van der Waals surface area contributed by atoms with E-state index in [0.29, 0.717) is 11.8 Å². The van der Waals surface area contributed by atoms with Gasteiger partial charge in [0.05, 0.1) is 6.10 Å². The average molecular weight is 290 g/mol. The van der Waals surface area contributed by atoms with Crippen molar-refractivity contribution >= 4 is 0 Å². The quantitative estimate of drug-likeness (QED) is 0.889. The molecule has 0 unspecified atom stereocenters. The third-order valence-corrected chi connectivity index (χ3v) is 7.39. The van der Waals surface area contributed by atoms with Crippen LogP contribution in [0.15, 0.2) is 60.7 Å². The van der Waals surface area contributed by atoms with Crippen molar-refractivity contribution in [3.8, 4) is 0 Å². The molecule has 5 rings (SSSR count). The second kappa shape index (κ2) is 3.65. The third-order valence-electron chi connectivity index (χ3n) is 7.39. The Morgan fingerprint density at radius 2 is 1.32 bits per heavy atom. The number of hydrogen-bond donors (Lipinski definition) is 1. The van der Waals surface area contributed by atoms with Gasteiger partial charge in [0, 0.05) is 10.8 Å². The van der Waals surface area contributed by atoms with Gasteiger partial charge in [-0.05, 0) is 34.8 Å². The molecule has 0 bridgehead atoms. The molecule has 3 saturated carbocycles. The molecule has 112 valence electrons. The van der Waals surface area contributed by atoms with E-state index in [9.17, 15) is 5.11 Å². The second-order valence-electron chi connectivity index (χ2n) is 7.91. The summed E-state index contributed by atoms with van der Waals surface area (Å²) in [5, 5.41) is 10.5. The summed E-state index contributed by atoms with van der Waals surface area (Å²) in [4.78, 5) is 0. The maximum absolute atomic E-state index is 10.5. The predicted molar refractivity (Wildman–Crippen MR) is 87.6 cm³/mol. The summed E-state index contributed by atoms with van der Waals surface area (Å²) >= 11 is 0. The zero-order valence-corrected chi connectivity index (χ0v) is 13.2. The molecule has 0 saturated heterocycles. The van der Waals surface area contributed by atoms with Crippen LogP contribution in [0.5, 0.6) is 0 Å². The summed E-state index contributed by atoms with van der Waals surface area (Å²) in [6, 6.07) is 22.0. The minimum absolute atomic E-state index is 0.116. The Bertz CT molecular complexity index is 735. The van der Waals surface area contributed by atoms with E-state index >= 15 is 0 Å². The zero-order valence-electron chi connectivity index (χ0n) is 13.2. The summed E-state index contributed by atoms with van der Waals surface area (Å²) in [6.45, 7) is 4.83. The second-order valence-corrected chi connectivity index (χ2v) is 7.91. The first-order chi connectivity index (χ1) is 10.6. The smallest absolute Gasteiger partial charge is 0.0583 e. The molecule has 1 heteroatoms. The van der Waals surface area contributed by atoms with Gasteiger partial charge in [-0.15, -0.1) is 0 Å². The molecular formula is C21H22O. The van der Waals surface area contributed by atoms with Crippen molar-refractivity contribution in [3.05, 3.63) is 71.8 Å². The number of hydrogen-bond acceptors (Lipinski definition) is 1. The van der Waals surface area contributed by atoms with Crippen LogP contribution < -0.4 is 0 Å². The van der Waals surface area contributed by atoms with Gasteiger partial charge in [-0.25, -0.2) is 0 Å². The van der Waals surface area contributed by atoms with Crippen LogP contribution in [-0.2, 0) is 10.8 Å². The average Bonchev–Trinajstić information content (AvgIpc) is 2.91. The van der Waals surface area contributed by atoms with Gasteiger partial charge < -0.3 is 5.11 Å². The molecule has 22 heavy (non-hydrogen) atoms. The van der Waals surface area contributed by atoms with Gasteiger partial charge in [-0.1, -0.05) is 74.5 Å². The maximum Gasteiger partial charge on any atom is 0.0583 e. The lowest BCUT2D eigenvalue weighted by molar-refractivity contribution is -0.133. The zero-order chi connectivity index (χ0) is 15.2. The highest BCUT2D eigenvalue weighted by Gasteiger charge is 2.98. The molecule has 0 aromatic heterocycles. The normalized spacial score (nSPS) is 43.3. The molecule has 2 aromatic rings. The third kappa shape index (κ3) is 0.980. The van der Waals surface area contributed by atoms with Crippen molar-refractivity contribution < 1.29 is 5.11 Å². The number of benzene rings is 2. The van der Waals surface area contributed by atoms with E-state index in [1.165, 1.54) is 11.1 Å². The van der Waals surface area contributed by atoms with E-state index < -0.39 is 0 Å². The molecule has 3 fully saturated rings. The molecule has 0 spiro atoms. The Morgan fingerprint density at radius 1 is 0.818 bits per heavy atom. The minimum atomic E-state index is -0.121. The summed E-state index contributed by atoms with van der Waals surface area (Å²) in [5.74, 6) is 1.07. The summed E-state index contributed by atoms with van der Waals surface area (Å²) in [7, 11) is 0. The summed E-state index contributed by atoms with van der Waals surface area (Å²) in [5.41, 5.74) is 3.42. The van der Waals surface area contributed by atoms with Gasteiger partial charge in [0.25, 0.3) is 0 Å². The Balaban J connectivity index is 1.76. The van der Waals surface area contributed by atoms with Crippen LogP contribution in [0.4, 0.5) is 0 Å². The van der Waals surface area contributed by atoms with Gasteiger partial charge in [0.15, 0.2) is 0 Å². The van der Waals surface area contributed by atoms with Crippen LogP contribution in [-0.4, -0.2) is 11.2 Å². The Hall–Kier alpha value is -1.60.